The van der Waals surface area contributed by atoms with Crippen LogP contribution in [0.1, 0.15) is 17.0 Å². The summed E-state index contributed by atoms with van der Waals surface area (Å²) in [4.78, 5) is 12.8. The Hall–Kier alpha value is -2.88. The van der Waals surface area contributed by atoms with Gasteiger partial charge in [-0.15, -0.1) is 0 Å². The highest BCUT2D eigenvalue weighted by atomic mass is 19.3. The van der Waals surface area contributed by atoms with Gasteiger partial charge in [0.15, 0.2) is 11.5 Å². The molecule has 2 aromatic rings. The predicted octanol–water partition coefficient (Wildman–Crippen LogP) is 1.37. The fourth-order valence-electron chi connectivity index (χ4n) is 3.56. The minimum Gasteiger partial charge on any atom is -0.454 e. The van der Waals surface area contributed by atoms with E-state index in [1.54, 1.807) is 16.9 Å². The van der Waals surface area contributed by atoms with Gasteiger partial charge in [0.1, 0.15) is 5.75 Å². The minimum atomic E-state index is -2.98. The Labute approximate surface area is 159 Å². The Balaban J connectivity index is 1.47. The second-order valence-electron chi connectivity index (χ2n) is 6.73. The molecule has 2 atom stereocenters. The van der Waals surface area contributed by atoms with Crippen molar-refractivity contribution < 1.29 is 27.8 Å². The number of amides is 1. The molecule has 2 aliphatic heterocycles. The number of benzene rings is 1. The SMILES string of the molecule is Cn1cc([C@H]2CNC[C@@H]2C(=O)NCc2cc3c(cc2OC(F)F)OCO3)cn1. The third kappa shape index (κ3) is 3.72. The van der Waals surface area contributed by atoms with Crippen molar-refractivity contribution >= 4 is 5.91 Å². The molecular formula is C18H20F2N4O4. The zero-order valence-corrected chi connectivity index (χ0v) is 15.2. The Kier molecular flexibility index (Phi) is 5.03. The molecule has 8 nitrogen and oxygen atoms in total. The number of nitrogens with one attached hydrogen (secondary N) is 2. The second kappa shape index (κ2) is 7.63. The Morgan fingerprint density at radius 1 is 1.39 bits per heavy atom. The molecule has 28 heavy (non-hydrogen) atoms. The lowest BCUT2D eigenvalue weighted by molar-refractivity contribution is -0.125. The quantitative estimate of drug-likeness (QED) is 0.770. The molecule has 0 unspecified atom stereocenters. The van der Waals surface area contributed by atoms with Crippen molar-refractivity contribution in [2.45, 2.75) is 19.1 Å². The molecule has 2 aliphatic rings. The first-order chi connectivity index (χ1) is 13.5. The maximum Gasteiger partial charge on any atom is 0.387 e. The van der Waals surface area contributed by atoms with E-state index in [-0.39, 0.29) is 36.8 Å². The van der Waals surface area contributed by atoms with E-state index in [1.165, 1.54) is 6.07 Å². The zero-order valence-electron chi connectivity index (χ0n) is 15.2. The van der Waals surface area contributed by atoms with Crippen molar-refractivity contribution in [1.82, 2.24) is 20.4 Å². The van der Waals surface area contributed by atoms with Crippen LogP contribution in [0.15, 0.2) is 24.5 Å². The highest BCUT2D eigenvalue weighted by Crippen LogP contribution is 2.38. The maximum absolute atomic E-state index is 12.8. The summed E-state index contributed by atoms with van der Waals surface area (Å²) in [5.74, 6) is 0.274. The number of ether oxygens (including phenoxy) is 3. The smallest absolute Gasteiger partial charge is 0.387 e. The van der Waals surface area contributed by atoms with Crippen LogP contribution in [0.5, 0.6) is 17.2 Å². The van der Waals surface area contributed by atoms with Crippen molar-refractivity contribution in [3.8, 4) is 17.2 Å². The number of hydrogen-bond donors (Lipinski definition) is 2. The molecule has 1 fully saturated rings. The van der Waals surface area contributed by atoms with Crippen LogP contribution in [-0.4, -0.2) is 42.2 Å². The van der Waals surface area contributed by atoms with Gasteiger partial charge < -0.3 is 24.8 Å². The number of carbonyl (C=O) groups is 1. The van der Waals surface area contributed by atoms with Gasteiger partial charge in [0.2, 0.25) is 12.7 Å². The summed E-state index contributed by atoms with van der Waals surface area (Å²) < 4.78 is 42.2. The van der Waals surface area contributed by atoms with Gasteiger partial charge in [-0.2, -0.15) is 13.9 Å². The Bertz CT molecular complexity index is 873. The molecule has 0 radical (unpaired) electrons. The van der Waals surface area contributed by atoms with Crippen molar-refractivity contribution in [3.63, 3.8) is 0 Å². The highest BCUT2D eigenvalue weighted by molar-refractivity contribution is 5.80. The molecule has 3 heterocycles. The molecule has 1 aromatic carbocycles. The van der Waals surface area contributed by atoms with Crippen LogP contribution in [0.2, 0.25) is 0 Å². The molecule has 2 N–H and O–H groups in total. The van der Waals surface area contributed by atoms with E-state index in [2.05, 4.69) is 20.5 Å². The number of rotatable bonds is 6. The van der Waals surface area contributed by atoms with Crippen LogP contribution in [0, 0.1) is 5.92 Å². The van der Waals surface area contributed by atoms with E-state index < -0.39 is 6.61 Å². The third-order valence-electron chi connectivity index (χ3n) is 4.93. The highest BCUT2D eigenvalue weighted by Gasteiger charge is 2.34. The largest absolute Gasteiger partial charge is 0.454 e. The summed E-state index contributed by atoms with van der Waals surface area (Å²) in [5.41, 5.74) is 1.37. The van der Waals surface area contributed by atoms with Crippen LogP contribution in [0.3, 0.4) is 0 Å². The number of aromatic nitrogens is 2. The van der Waals surface area contributed by atoms with Gasteiger partial charge in [-0.25, -0.2) is 0 Å². The first kappa shape index (κ1) is 18.5. The summed E-state index contributed by atoms with van der Waals surface area (Å²) in [6.07, 6.45) is 3.65. The maximum atomic E-state index is 12.8. The molecular weight excluding hydrogens is 374 g/mol. The molecule has 0 spiro atoms. The van der Waals surface area contributed by atoms with Crippen LogP contribution >= 0.6 is 0 Å². The van der Waals surface area contributed by atoms with Crippen molar-refractivity contribution in [2.75, 3.05) is 19.9 Å². The average molecular weight is 394 g/mol. The van der Waals surface area contributed by atoms with Gasteiger partial charge >= 0.3 is 6.61 Å². The van der Waals surface area contributed by atoms with E-state index in [0.29, 0.717) is 30.2 Å². The number of hydrogen-bond acceptors (Lipinski definition) is 6. The molecule has 1 aromatic heterocycles. The summed E-state index contributed by atoms with van der Waals surface area (Å²) in [6, 6.07) is 2.90. The zero-order chi connectivity index (χ0) is 19.7. The van der Waals surface area contributed by atoms with Crippen LogP contribution in [0.4, 0.5) is 8.78 Å². The lowest BCUT2D eigenvalue weighted by Gasteiger charge is -2.18. The topological polar surface area (TPSA) is 86.6 Å². The van der Waals surface area contributed by atoms with E-state index in [1.807, 2.05) is 13.2 Å². The van der Waals surface area contributed by atoms with Crippen LogP contribution < -0.4 is 24.8 Å². The first-order valence-corrected chi connectivity index (χ1v) is 8.85. The number of carbonyl (C=O) groups excluding carboxylic acids is 1. The van der Waals surface area contributed by atoms with Gasteiger partial charge in [0.25, 0.3) is 0 Å². The second-order valence-corrected chi connectivity index (χ2v) is 6.73. The molecule has 1 amide bonds. The molecule has 4 rings (SSSR count). The van der Waals surface area contributed by atoms with Crippen LogP contribution in [0.25, 0.3) is 0 Å². The molecule has 0 bridgehead atoms. The normalized spacial score (nSPS) is 20.6. The van der Waals surface area contributed by atoms with E-state index in [9.17, 15) is 13.6 Å². The van der Waals surface area contributed by atoms with E-state index >= 15 is 0 Å². The summed E-state index contributed by atoms with van der Waals surface area (Å²) >= 11 is 0. The Morgan fingerprint density at radius 3 is 2.89 bits per heavy atom. The first-order valence-electron chi connectivity index (χ1n) is 8.85. The molecule has 150 valence electrons. The third-order valence-corrected chi connectivity index (χ3v) is 4.93. The fraction of sp³-hybridized carbons (Fsp3) is 0.444. The summed E-state index contributed by atoms with van der Waals surface area (Å²) in [6.45, 7) is -1.72. The average Bonchev–Trinajstić information content (AvgIpc) is 3.38. The van der Waals surface area contributed by atoms with E-state index in [0.717, 1.165) is 5.56 Å². The lowest BCUT2D eigenvalue weighted by Crippen LogP contribution is -2.34. The minimum absolute atomic E-state index is 0.00207. The van der Waals surface area contributed by atoms with Crippen molar-refractivity contribution in [3.05, 3.63) is 35.7 Å². The van der Waals surface area contributed by atoms with Gasteiger partial charge in [0, 0.05) is 50.4 Å². The molecule has 10 heteroatoms. The van der Waals surface area contributed by atoms with E-state index in [4.69, 9.17) is 9.47 Å². The number of aryl methyl sites for hydroxylation is 1. The number of halogens is 2. The van der Waals surface area contributed by atoms with Gasteiger partial charge in [-0.05, 0) is 11.6 Å². The molecule has 0 aliphatic carbocycles. The Morgan fingerprint density at radius 2 is 2.18 bits per heavy atom. The van der Waals surface area contributed by atoms with Crippen LogP contribution in [-0.2, 0) is 18.4 Å². The molecule has 0 saturated carbocycles. The van der Waals surface area contributed by atoms with Crippen molar-refractivity contribution in [1.29, 1.82) is 0 Å². The number of alkyl halides is 2. The van der Waals surface area contributed by atoms with Gasteiger partial charge in [-0.3, -0.25) is 9.48 Å². The van der Waals surface area contributed by atoms with Gasteiger partial charge in [-0.1, -0.05) is 0 Å². The lowest BCUT2D eigenvalue weighted by atomic mass is 9.90. The van der Waals surface area contributed by atoms with Crippen molar-refractivity contribution in [2.24, 2.45) is 13.0 Å². The molecule has 1 saturated heterocycles. The van der Waals surface area contributed by atoms with Gasteiger partial charge in [0.05, 0.1) is 12.1 Å². The number of fused-ring (bicyclic) bond motifs is 1. The summed E-state index contributed by atoms with van der Waals surface area (Å²) in [5, 5.41) is 10.2. The fourth-order valence-corrected chi connectivity index (χ4v) is 3.56. The predicted molar refractivity (Wildman–Crippen MR) is 93.4 cm³/mol. The monoisotopic (exact) mass is 394 g/mol. The summed E-state index contributed by atoms with van der Waals surface area (Å²) in [7, 11) is 1.82. The number of nitrogens with zero attached hydrogens (tertiary/aromatic N) is 2. The standard InChI is InChI=1S/C18H20F2N4O4/c1-24-8-11(5-23-24)12-6-21-7-13(12)17(25)22-4-10-2-15-16(27-9-26-15)3-14(10)28-18(19)20/h2-3,5,8,12-13,18,21H,4,6-7,9H2,1H3,(H,22,25)/t12-,13+/m1/s1.